The van der Waals surface area contributed by atoms with Crippen molar-refractivity contribution in [1.29, 1.82) is 0 Å². The number of benzene rings is 8. The topological polar surface area (TPSA) is 69.9 Å². The van der Waals surface area contributed by atoms with E-state index in [9.17, 15) is 0 Å². The zero-order valence-electron chi connectivity index (χ0n) is 30.4. The molecule has 0 saturated heterocycles. The molecule has 4 heterocycles. The van der Waals surface area contributed by atoms with Crippen LogP contribution in [0.4, 0.5) is 0 Å². The van der Waals surface area contributed by atoms with Gasteiger partial charge in [0.05, 0.1) is 11.0 Å². The molecule has 0 saturated carbocycles. The first-order valence-corrected chi connectivity index (χ1v) is 19.0. The number of nitrogens with zero attached hydrogens (tertiary/aromatic N) is 4. The fourth-order valence-corrected chi connectivity index (χ4v) is 8.41. The van der Waals surface area contributed by atoms with Crippen LogP contribution in [0.15, 0.2) is 191 Å². The number of aromatic nitrogens is 4. The summed E-state index contributed by atoms with van der Waals surface area (Å²) in [7, 11) is 0. The second-order valence-electron chi connectivity index (χ2n) is 14.4. The maximum atomic E-state index is 6.50. The molecule has 0 radical (unpaired) electrons. The molecular weight excluding hydrogens is 701 g/mol. The molecule has 0 N–H and O–H groups in total. The van der Waals surface area contributed by atoms with E-state index in [0.29, 0.717) is 17.5 Å². The highest BCUT2D eigenvalue weighted by Gasteiger charge is 2.18. The standard InChI is InChI=1S/C51H30N4O2/c1-2-11-31(12-3-1)49-52-50(32-21-25-35(26-22-32)55-42-17-7-4-13-37(42)38-14-5-8-18-43(38)55)54-51(53-49)34-23-27-39-41-29-33(24-28-45(41)57-47(39)30-34)36-16-10-20-46-48(36)40-15-6-9-19-44(40)56-46/h1-30H. The number of hydrogen-bond donors (Lipinski definition) is 0. The van der Waals surface area contributed by atoms with Crippen molar-refractivity contribution < 1.29 is 8.83 Å². The summed E-state index contributed by atoms with van der Waals surface area (Å²) in [6, 6.07) is 62.7. The molecule has 266 valence electrons. The zero-order chi connectivity index (χ0) is 37.5. The Morgan fingerprint density at radius 2 is 0.895 bits per heavy atom. The van der Waals surface area contributed by atoms with Crippen molar-refractivity contribution in [3.05, 3.63) is 182 Å². The Bertz CT molecular complexity index is 3470. The lowest BCUT2D eigenvalue weighted by Crippen LogP contribution is -2.00. The summed E-state index contributed by atoms with van der Waals surface area (Å²) in [6.07, 6.45) is 0. The fourth-order valence-electron chi connectivity index (χ4n) is 8.41. The maximum absolute atomic E-state index is 6.50. The molecule has 0 aliphatic carbocycles. The largest absolute Gasteiger partial charge is 0.456 e. The normalized spacial score (nSPS) is 11.9. The van der Waals surface area contributed by atoms with Crippen molar-refractivity contribution in [2.75, 3.05) is 0 Å². The van der Waals surface area contributed by atoms with E-state index in [1.54, 1.807) is 0 Å². The molecule has 8 aromatic carbocycles. The predicted molar refractivity (Wildman–Crippen MR) is 230 cm³/mol. The Hall–Kier alpha value is -7.83. The maximum Gasteiger partial charge on any atom is 0.164 e. The highest BCUT2D eigenvalue weighted by Crippen LogP contribution is 2.40. The summed E-state index contributed by atoms with van der Waals surface area (Å²) >= 11 is 0. The second kappa shape index (κ2) is 12.3. The van der Waals surface area contributed by atoms with E-state index in [1.807, 2.05) is 54.6 Å². The van der Waals surface area contributed by atoms with Gasteiger partial charge in [-0.05, 0) is 83.9 Å². The number of furan rings is 2. The van der Waals surface area contributed by atoms with Crippen LogP contribution < -0.4 is 0 Å². The summed E-state index contributed by atoms with van der Waals surface area (Å²) in [5.74, 6) is 1.78. The van der Waals surface area contributed by atoms with Gasteiger partial charge in [-0.1, -0.05) is 109 Å². The Morgan fingerprint density at radius 3 is 1.65 bits per heavy atom. The summed E-state index contributed by atoms with van der Waals surface area (Å²) in [5.41, 5.74) is 11.6. The van der Waals surface area contributed by atoms with Crippen molar-refractivity contribution in [3.63, 3.8) is 0 Å². The lowest BCUT2D eigenvalue weighted by molar-refractivity contribution is 0.669. The molecule has 4 aromatic heterocycles. The van der Waals surface area contributed by atoms with Crippen LogP contribution in [0.2, 0.25) is 0 Å². The van der Waals surface area contributed by atoms with E-state index in [0.717, 1.165) is 77.4 Å². The molecule has 12 aromatic rings. The first-order chi connectivity index (χ1) is 28.2. The van der Waals surface area contributed by atoms with E-state index in [-0.39, 0.29) is 0 Å². The quantitative estimate of drug-likeness (QED) is 0.176. The Labute approximate surface area is 325 Å². The van der Waals surface area contributed by atoms with E-state index in [4.69, 9.17) is 23.8 Å². The molecule has 0 atom stereocenters. The minimum atomic E-state index is 0.576. The molecule has 0 fully saturated rings. The highest BCUT2D eigenvalue weighted by molar-refractivity contribution is 6.14. The number of hydrogen-bond acceptors (Lipinski definition) is 5. The van der Waals surface area contributed by atoms with Gasteiger partial charge in [-0.3, -0.25) is 0 Å². The van der Waals surface area contributed by atoms with Gasteiger partial charge in [-0.15, -0.1) is 0 Å². The third kappa shape index (κ3) is 5.01. The van der Waals surface area contributed by atoms with Crippen LogP contribution in [0.5, 0.6) is 0 Å². The van der Waals surface area contributed by atoms with Gasteiger partial charge in [0.1, 0.15) is 22.3 Å². The van der Waals surface area contributed by atoms with Gasteiger partial charge in [0, 0.05) is 54.7 Å². The molecule has 0 aliphatic heterocycles. The van der Waals surface area contributed by atoms with Crippen LogP contribution in [0.25, 0.3) is 117 Å². The third-order valence-corrected chi connectivity index (χ3v) is 11.1. The highest BCUT2D eigenvalue weighted by atomic mass is 16.3. The molecule has 57 heavy (non-hydrogen) atoms. The van der Waals surface area contributed by atoms with E-state index >= 15 is 0 Å². The molecule has 6 heteroatoms. The van der Waals surface area contributed by atoms with Crippen LogP contribution in [-0.4, -0.2) is 19.5 Å². The molecule has 12 rings (SSSR count). The summed E-state index contributed by atoms with van der Waals surface area (Å²) in [5, 5.41) is 6.75. The van der Waals surface area contributed by atoms with Crippen molar-refractivity contribution >= 4 is 65.7 Å². The molecule has 0 spiro atoms. The van der Waals surface area contributed by atoms with Crippen LogP contribution >= 0.6 is 0 Å². The van der Waals surface area contributed by atoms with Gasteiger partial charge >= 0.3 is 0 Å². The van der Waals surface area contributed by atoms with Gasteiger partial charge in [0.2, 0.25) is 0 Å². The Morgan fingerprint density at radius 1 is 0.333 bits per heavy atom. The lowest BCUT2D eigenvalue weighted by Gasteiger charge is -2.11. The molecule has 0 aliphatic rings. The summed E-state index contributed by atoms with van der Waals surface area (Å²) < 4.78 is 15.0. The van der Waals surface area contributed by atoms with Crippen molar-refractivity contribution in [2.45, 2.75) is 0 Å². The monoisotopic (exact) mass is 730 g/mol. The van der Waals surface area contributed by atoms with Crippen LogP contribution in [-0.2, 0) is 0 Å². The minimum Gasteiger partial charge on any atom is -0.456 e. The fraction of sp³-hybridized carbons (Fsp3) is 0. The number of rotatable bonds is 5. The van der Waals surface area contributed by atoms with Crippen molar-refractivity contribution in [3.8, 4) is 51.0 Å². The SMILES string of the molecule is c1ccc(-c2nc(-c3ccc(-n4c5ccccc5c5ccccc54)cc3)nc(-c3ccc4c(c3)oc3ccc(-c5cccc6oc7ccccc7c56)cc34)n2)cc1. The van der Waals surface area contributed by atoms with Crippen LogP contribution in [0.1, 0.15) is 0 Å². The van der Waals surface area contributed by atoms with Gasteiger partial charge < -0.3 is 13.4 Å². The third-order valence-electron chi connectivity index (χ3n) is 11.1. The van der Waals surface area contributed by atoms with Crippen molar-refractivity contribution in [1.82, 2.24) is 19.5 Å². The average Bonchev–Trinajstić information content (AvgIpc) is 3.96. The zero-order valence-corrected chi connectivity index (χ0v) is 30.4. The second-order valence-corrected chi connectivity index (χ2v) is 14.4. The number of fused-ring (bicyclic) bond motifs is 9. The summed E-state index contributed by atoms with van der Waals surface area (Å²) in [6.45, 7) is 0. The van der Waals surface area contributed by atoms with E-state index in [1.165, 1.54) is 21.8 Å². The predicted octanol–water partition coefficient (Wildman–Crippen LogP) is 13.4. The first kappa shape index (κ1) is 31.5. The first-order valence-electron chi connectivity index (χ1n) is 19.0. The molecule has 0 amide bonds. The Balaban J connectivity index is 0.960. The molecule has 0 unspecified atom stereocenters. The van der Waals surface area contributed by atoms with Crippen LogP contribution in [0.3, 0.4) is 0 Å². The van der Waals surface area contributed by atoms with E-state index in [2.05, 4.69) is 132 Å². The average molecular weight is 731 g/mol. The number of para-hydroxylation sites is 3. The Kier molecular flexibility index (Phi) is 6.83. The summed E-state index contributed by atoms with van der Waals surface area (Å²) in [4.78, 5) is 15.1. The molecular formula is C51H30N4O2. The van der Waals surface area contributed by atoms with E-state index < -0.39 is 0 Å². The van der Waals surface area contributed by atoms with Gasteiger partial charge in [0.25, 0.3) is 0 Å². The lowest BCUT2D eigenvalue weighted by atomic mass is 9.98. The smallest absolute Gasteiger partial charge is 0.164 e. The molecule has 6 nitrogen and oxygen atoms in total. The van der Waals surface area contributed by atoms with Gasteiger partial charge in [-0.25, -0.2) is 15.0 Å². The molecule has 0 bridgehead atoms. The van der Waals surface area contributed by atoms with Gasteiger partial charge in [-0.2, -0.15) is 0 Å². The minimum absolute atomic E-state index is 0.576. The van der Waals surface area contributed by atoms with Gasteiger partial charge in [0.15, 0.2) is 17.5 Å². The van der Waals surface area contributed by atoms with Crippen LogP contribution in [0, 0.1) is 0 Å². The van der Waals surface area contributed by atoms with Crippen molar-refractivity contribution in [2.24, 2.45) is 0 Å².